The number of hydrogen-bond acceptors (Lipinski definition) is 3. The average Bonchev–Trinajstić information content (AvgIpc) is 2.35. The number of aromatic nitrogens is 1. The van der Waals surface area contributed by atoms with Crippen LogP contribution in [0.4, 0.5) is 0 Å². The molecule has 0 aromatic carbocycles. The first kappa shape index (κ1) is 12.0. The largest absolute Gasteiger partial charge is 0.299 e. The van der Waals surface area contributed by atoms with Crippen LogP contribution in [0.1, 0.15) is 43.0 Å². The van der Waals surface area contributed by atoms with Gasteiger partial charge in [0.15, 0.2) is 5.78 Å². The molecule has 0 bridgehead atoms. The third-order valence-electron chi connectivity index (χ3n) is 3.44. The second-order valence-electron chi connectivity index (χ2n) is 4.91. The van der Waals surface area contributed by atoms with Gasteiger partial charge in [0.2, 0.25) is 0 Å². The van der Waals surface area contributed by atoms with E-state index in [0.29, 0.717) is 24.3 Å². The molecular formula is C14H17NO2. The molecule has 2 atom stereocenters. The van der Waals surface area contributed by atoms with Crippen LogP contribution in [-0.4, -0.2) is 16.6 Å². The Morgan fingerprint density at radius 3 is 3.06 bits per heavy atom. The van der Waals surface area contributed by atoms with Gasteiger partial charge < -0.3 is 0 Å². The smallest absolute Gasteiger partial charge is 0.165 e. The standard InChI is InChI=1S/C14H17NO2/c1-10-4-5-13(16)12(7-10)8-14(17)11-3-2-6-15-9-11/h2-3,6,9-10,12H,4-5,7-8H2,1H3. The van der Waals surface area contributed by atoms with Gasteiger partial charge in [-0.25, -0.2) is 0 Å². The molecule has 1 aliphatic carbocycles. The van der Waals surface area contributed by atoms with Gasteiger partial charge in [-0.15, -0.1) is 0 Å². The second kappa shape index (κ2) is 5.21. The van der Waals surface area contributed by atoms with Crippen molar-refractivity contribution in [2.45, 2.75) is 32.6 Å². The quantitative estimate of drug-likeness (QED) is 0.751. The van der Waals surface area contributed by atoms with Crippen molar-refractivity contribution in [3.05, 3.63) is 30.1 Å². The summed E-state index contributed by atoms with van der Waals surface area (Å²) in [5.74, 6) is 0.761. The number of Topliss-reactive ketones (excluding diaryl/α,β-unsaturated/α-hetero) is 2. The van der Waals surface area contributed by atoms with Gasteiger partial charge in [0.05, 0.1) is 0 Å². The number of hydrogen-bond donors (Lipinski definition) is 0. The minimum atomic E-state index is -0.0774. The Balaban J connectivity index is 2.01. The van der Waals surface area contributed by atoms with Crippen LogP contribution >= 0.6 is 0 Å². The van der Waals surface area contributed by atoms with Gasteiger partial charge in [-0.3, -0.25) is 14.6 Å². The van der Waals surface area contributed by atoms with Gasteiger partial charge in [-0.05, 0) is 30.9 Å². The van der Waals surface area contributed by atoms with Gasteiger partial charge in [0.25, 0.3) is 0 Å². The summed E-state index contributed by atoms with van der Waals surface area (Å²) in [7, 11) is 0. The van der Waals surface area contributed by atoms with Crippen molar-refractivity contribution >= 4 is 11.6 Å². The highest BCUT2D eigenvalue weighted by molar-refractivity contribution is 5.98. The summed E-state index contributed by atoms with van der Waals surface area (Å²) in [6.07, 6.45) is 6.01. The fourth-order valence-electron chi connectivity index (χ4n) is 2.39. The molecule has 1 fully saturated rings. The van der Waals surface area contributed by atoms with Crippen LogP contribution in [0.15, 0.2) is 24.5 Å². The molecule has 3 nitrogen and oxygen atoms in total. The fourth-order valence-corrected chi connectivity index (χ4v) is 2.39. The van der Waals surface area contributed by atoms with E-state index in [0.717, 1.165) is 12.8 Å². The lowest BCUT2D eigenvalue weighted by Crippen LogP contribution is -2.26. The molecule has 2 unspecified atom stereocenters. The molecule has 2 rings (SSSR count). The molecule has 1 saturated carbocycles. The van der Waals surface area contributed by atoms with Crippen LogP contribution in [0.2, 0.25) is 0 Å². The number of ketones is 2. The number of nitrogens with zero attached hydrogens (tertiary/aromatic N) is 1. The topological polar surface area (TPSA) is 47.0 Å². The summed E-state index contributed by atoms with van der Waals surface area (Å²) in [6, 6.07) is 3.50. The Labute approximate surface area is 101 Å². The molecule has 17 heavy (non-hydrogen) atoms. The van der Waals surface area contributed by atoms with E-state index < -0.39 is 0 Å². The first-order valence-electron chi connectivity index (χ1n) is 6.12. The maximum Gasteiger partial charge on any atom is 0.165 e. The van der Waals surface area contributed by atoms with E-state index in [1.807, 2.05) is 0 Å². The van der Waals surface area contributed by atoms with E-state index in [1.54, 1.807) is 24.5 Å². The number of carbonyl (C=O) groups is 2. The van der Waals surface area contributed by atoms with E-state index in [1.165, 1.54) is 0 Å². The van der Waals surface area contributed by atoms with Crippen LogP contribution in [0.3, 0.4) is 0 Å². The zero-order chi connectivity index (χ0) is 12.3. The van der Waals surface area contributed by atoms with Crippen LogP contribution in [0.25, 0.3) is 0 Å². The van der Waals surface area contributed by atoms with Crippen molar-refractivity contribution in [2.75, 3.05) is 0 Å². The molecule has 1 heterocycles. The highest BCUT2D eigenvalue weighted by atomic mass is 16.1. The first-order valence-corrected chi connectivity index (χ1v) is 6.12. The molecule has 0 saturated heterocycles. The molecule has 0 amide bonds. The minimum Gasteiger partial charge on any atom is -0.299 e. The predicted octanol–water partition coefficient (Wildman–Crippen LogP) is 2.66. The lowest BCUT2D eigenvalue weighted by atomic mass is 9.78. The van der Waals surface area contributed by atoms with Crippen molar-refractivity contribution in [1.82, 2.24) is 4.98 Å². The van der Waals surface area contributed by atoms with Gasteiger partial charge >= 0.3 is 0 Å². The molecule has 1 aliphatic rings. The van der Waals surface area contributed by atoms with Gasteiger partial charge in [-0.2, -0.15) is 0 Å². The van der Waals surface area contributed by atoms with Crippen molar-refractivity contribution in [3.8, 4) is 0 Å². The van der Waals surface area contributed by atoms with Gasteiger partial charge in [-0.1, -0.05) is 6.92 Å². The summed E-state index contributed by atoms with van der Waals surface area (Å²) in [5.41, 5.74) is 0.610. The zero-order valence-electron chi connectivity index (χ0n) is 10.1. The van der Waals surface area contributed by atoms with Crippen molar-refractivity contribution < 1.29 is 9.59 Å². The van der Waals surface area contributed by atoms with Gasteiger partial charge in [0.1, 0.15) is 5.78 Å². The van der Waals surface area contributed by atoms with E-state index in [-0.39, 0.29) is 17.5 Å². The first-order chi connectivity index (χ1) is 8.16. The molecule has 1 aromatic heterocycles. The summed E-state index contributed by atoms with van der Waals surface area (Å²) >= 11 is 0. The van der Waals surface area contributed by atoms with Crippen LogP contribution in [0, 0.1) is 11.8 Å². The summed E-state index contributed by atoms with van der Waals surface area (Å²) in [6.45, 7) is 2.15. The Hall–Kier alpha value is -1.51. The Morgan fingerprint density at radius 2 is 2.35 bits per heavy atom. The van der Waals surface area contributed by atoms with Crippen LogP contribution in [-0.2, 0) is 4.79 Å². The lowest BCUT2D eigenvalue weighted by Gasteiger charge is -2.24. The monoisotopic (exact) mass is 231 g/mol. The number of carbonyl (C=O) groups excluding carboxylic acids is 2. The second-order valence-corrected chi connectivity index (χ2v) is 4.91. The highest BCUT2D eigenvalue weighted by Gasteiger charge is 2.28. The van der Waals surface area contributed by atoms with Gasteiger partial charge in [0, 0.05) is 36.7 Å². The Bertz CT molecular complexity index is 413. The SMILES string of the molecule is CC1CCC(=O)C(CC(=O)c2cccnc2)C1. The molecule has 0 N–H and O–H groups in total. The number of rotatable bonds is 3. The third-order valence-corrected chi connectivity index (χ3v) is 3.44. The van der Waals surface area contributed by atoms with E-state index in [9.17, 15) is 9.59 Å². The Morgan fingerprint density at radius 1 is 1.53 bits per heavy atom. The van der Waals surface area contributed by atoms with Crippen molar-refractivity contribution in [1.29, 1.82) is 0 Å². The fraction of sp³-hybridized carbons (Fsp3) is 0.500. The molecular weight excluding hydrogens is 214 g/mol. The average molecular weight is 231 g/mol. The summed E-state index contributed by atoms with van der Waals surface area (Å²) in [4.78, 5) is 27.6. The van der Waals surface area contributed by atoms with Crippen molar-refractivity contribution in [3.63, 3.8) is 0 Å². The normalized spacial score (nSPS) is 24.6. The Kier molecular flexibility index (Phi) is 3.67. The van der Waals surface area contributed by atoms with E-state index in [2.05, 4.69) is 11.9 Å². The summed E-state index contributed by atoms with van der Waals surface area (Å²) in [5, 5.41) is 0. The number of pyridine rings is 1. The maximum atomic E-state index is 12.0. The molecule has 0 radical (unpaired) electrons. The lowest BCUT2D eigenvalue weighted by molar-refractivity contribution is -0.125. The van der Waals surface area contributed by atoms with Crippen LogP contribution in [0.5, 0.6) is 0 Å². The molecule has 0 spiro atoms. The molecule has 3 heteroatoms. The van der Waals surface area contributed by atoms with Crippen molar-refractivity contribution in [2.24, 2.45) is 11.8 Å². The van der Waals surface area contributed by atoms with Crippen LogP contribution < -0.4 is 0 Å². The molecule has 1 aromatic rings. The third kappa shape index (κ3) is 2.99. The maximum absolute atomic E-state index is 12.0. The predicted molar refractivity (Wildman–Crippen MR) is 64.7 cm³/mol. The minimum absolute atomic E-state index is 0.0329. The highest BCUT2D eigenvalue weighted by Crippen LogP contribution is 2.29. The van der Waals surface area contributed by atoms with E-state index >= 15 is 0 Å². The van der Waals surface area contributed by atoms with E-state index in [4.69, 9.17) is 0 Å². The molecule has 90 valence electrons. The zero-order valence-corrected chi connectivity index (χ0v) is 10.1. The summed E-state index contributed by atoms with van der Waals surface area (Å²) < 4.78 is 0. The molecule has 0 aliphatic heterocycles.